The standard InChI is InChI=1S/C29H33N3O5/c1-35-17-15-32-28(34)31(21-23-7-4-9-25(19-23)36-2)27(33)29(32)11-13-30(14-12-29)20-22-6-3-8-24(18-22)26-10-5-16-37-26/h3-10,16,18-19H,11-15,17,20-21H2,1-2H3. The molecule has 0 atom stereocenters. The van der Waals surface area contributed by atoms with E-state index in [1.807, 2.05) is 48.5 Å². The van der Waals surface area contributed by atoms with E-state index < -0.39 is 5.54 Å². The van der Waals surface area contributed by atoms with Crippen LogP contribution in [0.25, 0.3) is 11.3 Å². The van der Waals surface area contributed by atoms with Crippen molar-refractivity contribution in [3.05, 3.63) is 78.1 Å². The molecular weight excluding hydrogens is 470 g/mol. The molecule has 0 N–H and O–H groups in total. The summed E-state index contributed by atoms with van der Waals surface area (Å²) in [4.78, 5) is 32.8. The zero-order chi connectivity index (χ0) is 25.8. The molecule has 194 valence electrons. The highest BCUT2D eigenvalue weighted by atomic mass is 16.5. The number of nitrogens with zero attached hydrogens (tertiary/aromatic N) is 3. The van der Waals surface area contributed by atoms with Crippen LogP contribution >= 0.6 is 0 Å². The molecule has 2 aromatic carbocycles. The number of rotatable bonds is 9. The van der Waals surface area contributed by atoms with Gasteiger partial charge in [-0.25, -0.2) is 4.79 Å². The number of amides is 3. The van der Waals surface area contributed by atoms with Gasteiger partial charge in [0.2, 0.25) is 0 Å². The van der Waals surface area contributed by atoms with Crippen LogP contribution in [-0.4, -0.2) is 72.6 Å². The van der Waals surface area contributed by atoms with E-state index in [4.69, 9.17) is 13.9 Å². The molecule has 0 radical (unpaired) electrons. The van der Waals surface area contributed by atoms with Crippen LogP contribution in [0.2, 0.25) is 0 Å². The Balaban J connectivity index is 1.30. The minimum Gasteiger partial charge on any atom is -0.497 e. The number of urea groups is 1. The van der Waals surface area contributed by atoms with E-state index in [1.54, 1.807) is 25.4 Å². The highest BCUT2D eigenvalue weighted by Crippen LogP contribution is 2.38. The van der Waals surface area contributed by atoms with Crippen LogP contribution in [0, 0.1) is 0 Å². The lowest BCUT2D eigenvalue weighted by atomic mass is 9.85. The molecule has 3 amide bonds. The summed E-state index contributed by atoms with van der Waals surface area (Å²) in [5.74, 6) is 1.43. The van der Waals surface area contributed by atoms with Gasteiger partial charge in [-0.05, 0) is 54.3 Å². The van der Waals surface area contributed by atoms with Gasteiger partial charge in [0.05, 0.1) is 26.5 Å². The molecule has 2 aliphatic rings. The van der Waals surface area contributed by atoms with Crippen molar-refractivity contribution in [2.75, 3.05) is 40.5 Å². The van der Waals surface area contributed by atoms with Gasteiger partial charge in [0.15, 0.2) is 0 Å². The minimum absolute atomic E-state index is 0.115. The Morgan fingerprint density at radius 2 is 1.68 bits per heavy atom. The summed E-state index contributed by atoms with van der Waals surface area (Å²) in [7, 11) is 3.22. The van der Waals surface area contributed by atoms with Crippen LogP contribution in [-0.2, 0) is 22.6 Å². The fourth-order valence-corrected chi connectivity index (χ4v) is 5.46. The predicted molar refractivity (Wildman–Crippen MR) is 139 cm³/mol. The number of piperidine rings is 1. The number of imide groups is 1. The van der Waals surface area contributed by atoms with Crippen LogP contribution in [0.15, 0.2) is 71.3 Å². The molecule has 1 aromatic heterocycles. The zero-order valence-corrected chi connectivity index (χ0v) is 21.4. The highest BCUT2D eigenvalue weighted by Gasteiger charge is 2.57. The smallest absolute Gasteiger partial charge is 0.328 e. The molecule has 0 saturated carbocycles. The quantitative estimate of drug-likeness (QED) is 0.403. The Labute approximate surface area is 217 Å². The topological polar surface area (TPSA) is 75.5 Å². The Morgan fingerprint density at radius 3 is 2.38 bits per heavy atom. The second-order valence-corrected chi connectivity index (χ2v) is 9.66. The molecule has 37 heavy (non-hydrogen) atoms. The normalized spacial score (nSPS) is 17.7. The van der Waals surface area contributed by atoms with Gasteiger partial charge in [-0.1, -0.05) is 30.3 Å². The first kappa shape index (κ1) is 25.0. The van der Waals surface area contributed by atoms with Gasteiger partial charge >= 0.3 is 6.03 Å². The molecule has 0 bridgehead atoms. The number of carbonyl (C=O) groups excluding carboxylic acids is 2. The number of ether oxygens (including phenoxy) is 2. The van der Waals surface area contributed by atoms with Crippen molar-refractivity contribution in [1.29, 1.82) is 0 Å². The van der Waals surface area contributed by atoms with E-state index in [-0.39, 0.29) is 18.5 Å². The number of carbonyl (C=O) groups is 2. The van der Waals surface area contributed by atoms with Crippen LogP contribution in [0.5, 0.6) is 5.75 Å². The van der Waals surface area contributed by atoms with Gasteiger partial charge in [0.1, 0.15) is 17.0 Å². The second-order valence-electron chi connectivity index (χ2n) is 9.66. The van der Waals surface area contributed by atoms with Gasteiger partial charge in [-0.3, -0.25) is 14.6 Å². The molecule has 0 aliphatic carbocycles. The summed E-state index contributed by atoms with van der Waals surface area (Å²) in [5, 5.41) is 0. The molecule has 8 heteroatoms. The van der Waals surface area contributed by atoms with Gasteiger partial charge in [-0.15, -0.1) is 0 Å². The fourth-order valence-electron chi connectivity index (χ4n) is 5.46. The summed E-state index contributed by atoms with van der Waals surface area (Å²) in [5.41, 5.74) is 2.26. The van der Waals surface area contributed by atoms with Crippen molar-refractivity contribution < 1.29 is 23.5 Å². The lowest BCUT2D eigenvalue weighted by Crippen LogP contribution is -2.57. The molecule has 2 saturated heterocycles. The van der Waals surface area contributed by atoms with E-state index in [9.17, 15) is 9.59 Å². The van der Waals surface area contributed by atoms with Crippen molar-refractivity contribution >= 4 is 11.9 Å². The fraction of sp³-hybridized carbons (Fsp3) is 0.379. The molecule has 3 heterocycles. The first-order chi connectivity index (χ1) is 18.0. The summed E-state index contributed by atoms with van der Waals surface area (Å²) in [6, 6.07) is 19.4. The molecule has 1 spiro atoms. The lowest BCUT2D eigenvalue weighted by Gasteiger charge is -2.42. The summed E-state index contributed by atoms with van der Waals surface area (Å²) >= 11 is 0. The maximum Gasteiger partial charge on any atom is 0.328 e. The van der Waals surface area contributed by atoms with Crippen molar-refractivity contribution in [3.8, 4) is 17.1 Å². The maximum atomic E-state index is 13.8. The molecule has 2 aliphatic heterocycles. The molecule has 3 aromatic rings. The number of furan rings is 1. The average molecular weight is 504 g/mol. The number of hydrogen-bond donors (Lipinski definition) is 0. The number of hydrogen-bond acceptors (Lipinski definition) is 6. The third kappa shape index (κ3) is 4.99. The summed E-state index contributed by atoms with van der Waals surface area (Å²) < 4.78 is 16.2. The van der Waals surface area contributed by atoms with Crippen molar-refractivity contribution in [2.24, 2.45) is 0 Å². The predicted octanol–water partition coefficient (Wildman–Crippen LogP) is 4.40. The molecule has 0 unspecified atom stereocenters. The van der Waals surface area contributed by atoms with Crippen LogP contribution < -0.4 is 4.74 Å². The largest absolute Gasteiger partial charge is 0.497 e. The molecule has 5 rings (SSSR count). The van der Waals surface area contributed by atoms with Gasteiger partial charge in [0.25, 0.3) is 5.91 Å². The summed E-state index contributed by atoms with van der Waals surface area (Å²) in [6.07, 6.45) is 2.86. The maximum absolute atomic E-state index is 13.8. The minimum atomic E-state index is -0.832. The van der Waals surface area contributed by atoms with Crippen LogP contribution in [0.4, 0.5) is 4.79 Å². The average Bonchev–Trinajstić information content (AvgIpc) is 3.53. The zero-order valence-electron chi connectivity index (χ0n) is 21.4. The van der Waals surface area contributed by atoms with E-state index in [1.165, 1.54) is 10.5 Å². The van der Waals surface area contributed by atoms with Crippen LogP contribution in [0.1, 0.15) is 24.0 Å². The van der Waals surface area contributed by atoms with E-state index in [0.717, 1.165) is 36.5 Å². The van der Waals surface area contributed by atoms with E-state index in [2.05, 4.69) is 17.0 Å². The van der Waals surface area contributed by atoms with Gasteiger partial charge < -0.3 is 18.8 Å². The first-order valence-corrected chi connectivity index (χ1v) is 12.6. The van der Waals surface area contributed by atoms with Crippen molar-refractivity contribution in [3.63, 3.8) is 0 Å². The molecule has 2 fully saturated rings. The Kier molecular flexibility index (Phi) is 7.30. The second kappa shape index (κ2) is 10.8. The number of benzene rings is 2. The molecule has 8 nitrogen and oxygen atoms in total. The van der Waals surface area contributed by atoms with Crippen molar-refractivity contribution in [2.45, 2.75) is 31.5 Å². The monoisotopic (exact) mass is 503 g/mol. The van der Waals surface area contributed by atoms with Crippen molar-refractivity contribution in [1.82, 2.24) is 14.7 Å². The Morgan fingerprint density at radius 1 is 0.919 bits per heavy atom. The first-order valence-electron chi connectivity index (χ1n) is 12.6. The Hall–Kier alpha value is -3.62. The van der Waals surface area contributed by atoms with E-state index >= 15 is 0 Å². The SMILES string of the molecule is COCCN1C(=O)N(Cc2cccc(OC)c2)C(=O)C12CCN(Cc1cccc(-c3ccco3)c1)CC2. The third-order valence-corrected chi connectivity index (χ3v) is 7.44. The number of methoxy groups -OCH3 is 2. The van der Waals surface area contributed by atoms with E-state index in [0.29, 0.717) is 31.7 Å². The van der Waals surface area contributed by atoms with Gasteiger partial charge in [0, 0.05) is 38.9 Å². The lowest BCUT2D eigenvalue weighted by molar-refractivity contribution is -0.136. The summed E-state index contributed by atoms with van der Waals surface area (Å²) in [6.45, 7) is 3.22. The Bertz CT molecular complexity index is 1230. The number of likely N-dealkylation sites (tertiary alicyclic amines) is 1. The van der Waals surface area contributed by atoms with Crippen LogP contribution in [0.3, 0.4) is 0 Å². The van der Waals surface area contributed by atoms with Gasteiger partial charge in [-0.2, -0.15) is 0 Å². The molecular formula is C29H33N3O5. The third-order valence-electron chi connectivity index (χ3n) is 7.44. The highest BCUT2D eigenvalue weighted by molar-refractivity contribution is 6.07.